The Hall–Kier alpha value is -2.40. The van der Waals surface area contributed by atoms with E-state index in [0.29, 0.717) is 12.1 Å². The largest absolute Gasteiger partial charge is 0.336 e. The van der Waals surface area contributed by atoms with Crippen molar-refractivity contribution in [1.82, 2.24) is 15.1 Å². The predicted molar refractivity (Wildman–Crippen MR) is 120 cm³/mol. The Labute approximate surface area is 176 Å². The Kier molecular flexibility index (Phi) is 5.86. The normalized spacial score (nSPS) is 20.6. The third kappa shape index (κ3) is 4.01. The SMILES string of the molecule is C[C@@H](Sc1nnc(-c2ccccc2)c2ccccc12)C(=O)N1[C@@H](C)CCC[C@@H]1C. The van der Waals surface area contributed by atoms with E-state index in [9.17, 15) is 4.79 Å². The quantitative estimate of drug-likeness (QED) is 0.533. The maximum Gasteiger partial charge on any atom is 0.236 e. The predicted octanol–water partition coefficient (Wildman–Crippen LogP) is 5.57. The van der Waals surface area contributed by atoms with Gasteiger partial charge in [-0.15, -0.1) is 10.2 Å². The zero-order valence-electron chi connectivity index (χ0n) is 17.2. The Morgan fingerprint density at radius 1 is 0.966 bits per heavy atom. The van der Waals surface area contributed by atoms with E-state index in [0.717, 1.165) is 39.9 Å². The van der Waals surface area contributed by atoms with Crippen molar-refractivity contribution < 1.29 is 4.79 Å². The number of rotatable bonds is 4. The molecule has 2 heterocycles. The average Bonchev–Trinajstić information content (AvgIpc) is 2.74. The molecule has 1 aliphatic rings. The van der Waals surface area contributed by atoms with E-state index in [1.807, 2.05) is 37.3 Å². The fraction of sp³-hybridized carbons (Fsp3) is 0.375. The molecule has 0 spiro atoms. The molecule has 1 saturated heterocycles. The van der Waals surface area contributed by atoms with Crippen LogP contribution < -0.4 is 0 Å². The summed E-state index contributed by atoms with van der Waals surface area (Å²) in [6.07, 6.45) is 3.37. The molecule has 4 rings (SSSR count). The molecule has 0 unspecified atom stereocenters. The molecule has 4 nitrogen and oxygen atoms in total. The van der Waals surface area contributed by atoms with E-state index in [-0.39, 0.29) is 11.2 Å². The molecule has 0 aliphatic carbocycles. The van der Waals surface area contributed by atoms with Gasteiger partial charge >= 0.3 is 0 Å². The number of likely N-dealkylation sites (tertiary alicyclic amines) is 1. The highest BCUT2D eigenvalue weighted by atomic mass is 32.2. The van der Waals surface area contributed by atoms with Gasteiger partial charge in [-0.1, -0.05) is 66.4 Å². The van der Waals surface area contributed by atoms with E-state index >= 15 is 0 Å². The molecule has 1 amide bonds. The Balaban J connectivity index is 1.64. The van der Waals surface area contributed by atoms with E-state index in [1.165, 1.54) is 18.2 Å². The number of carbonyl (C=O) groups excluding carboxylic acids is 1. The molecule has 0 N–H and O–H groups in total. The van der Waals surface area contributed by atoms with Crippen LogP contribution in [-0.4, -0.2) is 38.3 Å². The van der Waals surface area contributed by atoms with Gasteiger partial charge in [0, 0.05) is 28.4 Å². The fourth-order valence-electron chi connectivity index (χ4n) is 4.26. The molecular weight excluding hydrogens is 378 g/mol. The molecule has 0 saturated carbocycles. The van der Waals surface area contributed by atoms with Crippen LogP contribution in [0, 0.1) is 0 Å². The van der Waals surface area contributed by atoms with Gasteiger partial charge in [0.2, 0.25) is 5.91 Å². The van der Waals surface area contributed by atoms with E-state index in [2.05, 4.69) is 53.2 Å². The second kappa shape index (κ2) is 8.54. The fourth-order valence-corrected chi connectivity index (χ4v) is 5.21. The minimum atomic E-state index is -0.196. The summed E-state index contributed by atoms with van der Waals surface area (Å²) in [5.74, 6) is 0.202. The number of amides is 1. The summed E-state index contributed by atoms with van der Waals surface area (Å²) in [7, 11) is 0. The number of hydrogen-bond donors (Lipinski definition) is 0. The van der Waals surface area contributed by atoms with Crippen molar-refractivity contribution in [1.29, 1.82) is 0 Å². The van der Waals surface area contributed by atoms with Crippen LogP contribution in [0.25, 0.3) is 22.0 Å². The first kappa shape index (κ1) is 19.9. The number of fused-ring (bicyclic) bond motifs is 1. The summed E-state index contributed by atoms with van der Waals surface area (Å²) < 4.78 is 0. The van der Waals surface area contributed by atoms with Crippen LogP contribution in [0.2, 0.25) is 0 Å². The molecule has 2 aromatic carbocycles. The second-order valence-electron chi connectivity index (χ2n) is 7.90. The summed E-state index contributed by atoms with van der Waals surface area (Å²) in [4.78, 5) is 15.3. The van der Waals surface area contributed by atoms with Crippen molar-refractivity contribution in [3.8, 4) is 11.3 Å². The molecule has 3 atom stereocenters. The smallest absolute Gasteiger partial charge is 0.236 e. The third-order valence-electron chi connectivity index (χ3n) is 5.78. The lowest BCUT2D eigenvalue weighted by Gasteiger charge is -2.40. The molecule has 1 aromatic heterocycles. The molecule has 29 heavy (non-hydrogen) atoms. The van der Waals surface area contributed by atoms with Crippen LogP contribution in [0.3, 0.4) is 0 Å². The summed E-state index contributed by atoms with van der Waals surface area (Å²) in [5.41, 5.74) is 1.93. The van der Waals surface area contributed by atoms with Crippen molar-refractivity contribution in [3.63, 3.8) is 0 Å². The highest BCUT2D eigenvalue weighted by molar-refractivity contribution is 8.00. The molecule has 0 radical (unpaired) electrons. The van der Waals surface area contributed by atoms with Crippen LogP contribution in [0.5, 0.6) is 0 Å². The van der Waals surface area contributed by atoms with Crippen LogP contribution in [-0.2, 0) is 4.79 Å². The Morgan fingerprint density at radius 3 is 2.28 bits per heavy atom. The lowest BCUT2D eigenvalue weighted by molar-refractivity contribution is -0.136. The van der Waals surface area contributed by atoms with Crippen molar-refractivity contribution in [2.75, 3.05) is 0 Å². The number of thioether (sulfide) groups is 1. The summed E-state index contributed by atoms with van der Waals surface area (Å²) in [5, 5.41) is 11.8. The number of hydrogen-bond acceptors (Lipinski definition) is 4. The minimum absolute atomic E-state index is 0.196. The number of nitrogens with zero attached hydrogens (tertiary/aromatic N) is 3. The van der Waals surface area contributed by atoms with E-state index < -0.39 is 0 Å². The first-order valence-corrected chi connectivity index (χ1v) is 11.2. The highest BCUT2D eigenvalue weighted by Gasteiger charge is 2.32. The molecular formula is C24H27N3OS. The summed E-state index contributed by atoms with van der Waals surface area (Å²) >= 11 is 1.52. The maximum absolute atomic E-state index is 13.2. The van der Waals surface area contributed by atoms with Crippen LogP contribution >= 0.6 is 11.8 Å². The minimum Gasteiger partial charge on any atom is -0.336 e. The lowest BCUT2D eigenvalue weighted by Crippen LogP contribution is -2.50. The first-order chi connectivity index (χ1) is 14.1. The number of carbonyl (C=O) groups is 1. The molecule has 5 heteroatoms. The van der Waals surface area contributed by atoms with Gasteiger partial charge in [-0.05, 0) is 40.0 Å². The van der Waals surface area contributed by atoms with Crippen LogP contribution in [0.4, 0.5) is 0 Å². The van der Waals surface area contributed by atoms with Gasteiger partial charge in [-0.25, -0.2) is 0 Å². The molecule has 1 aliphatic heterocycles. The number of piperidine rings is 1. The summed E-state index contributed by atoms with van der Waals surface area (Å²) in [6, 6.07) is 18.9. The zero-order valence-corrected chi connectivity index (χ0v) is 18.0. The lowest BCUT2D eigenvalue weighted by atomic mass is 9.97. The maximum atomic E-state index is 13.2. The molecule has 3 aromatic rings. The van der Waals surface area contributed by atoms with Crippen molar-refractivity contribution in [2.24, 2.45) is 0 Å². The molecule has 0 bridgehead atoms. The van der Waals surface area contributed by atoms with Gasteiger partial charge in [-0.3, -0.25) is 4.79 Å². The van der Waals surface area contributed by atoms with Gasteiger partial charge in [0.15, 0.2) is 0 Å². The number of aromatic nitrogens is 2. The van der Waals surface area contributed by atoms with Gasteiger partial charge in [-0.2, -0.15) is 0 Å². The third-order valence-corrected chi connectivity index (χ3v) is 6.86. The molecule has 1 fully saturated rings. The van der Waals surface area contributed by atoms with Crippen LogP contribution in [0.1, 0.15) is 40.0 Å². The monoisotopic (exact) mass is 405 g/mol. The highest BCUT2D eigenvalue weighted by Crippen LogP contribution is 2.34. The Bertz CT molecular complexity index is 997. The standard InChI is InChI=1S/C24H27N3OS/c1-16-10-9-11-17(2)27(16)24(28)18(3)29-23-21-15-8-7-14-20(21)22(25-26-23)19-12-5-4-6-13-19/h4-8,12-18H,9-11H2,1-3H3/t16-,17-,18+/m0/s1. The zero-order chi connectivity index (χ0) is 20.4. The van der Waals surface area contributed by atoms with E-state index in [4.69, 9.17) is 0 Å². The van der Waals surface area contributed by atoms with Crippen molar-refractivity contribution in [3.05, 3.63) is 54.6 Å². The van der Waals surface area contributed by atoms with Gasteiger partial charge in [0.05, 0.1) is 5.25 Å². The topological polar surface area (TPSA) is 46.1 Å². The van der Waals surface area contributed by atoms with Gasteiger partial charge in [0.25, 0.3) is 0 Å². The summed E-state index contributed by atoms with van der Waals surface area (Å²) in [6.45, 7) is 6.31. The van der Waals surface area contributed by atoms with Crippen molar-refractivity contribution in [2.45, 2.75) is 62.4 Å². The van der Waals surface area contributed by atoms with Gasteiger partial charge < -0.3 is 4.90 Å². The molecule has 150 valence electrons. The number of benzene rings is 2. The average molecular weight is 406 g/mol. The van der Waals surface area contributed by atoms with Crippen molar-refractivity contribution >= 4 is 28.4 Å². The van der Waals surface area contributed by atoms with Crippen LogP contribution in [0.15, 0.2) is 59.6 Å². The Morgan fingerprint density at radius 2 is 1.59 bits per heavy atom. The first-order valence-electron chi connectivity index (χ1n) is 10.4. The van der Waals surface area contributed by atoms with Gasteiger partial charge in [0.1, 0.15) is 10.7 Å². The van der Waals surface area contributed by atoms with E-state index in [1.54, 1.807) is 0 Å². The second-order valence-corrected chi connectivity index (χ2v) is 9.23.